The van der Waals surface area contributed by atoms with Gasteiger partial charge in [0.2, 0.25) is 0 Å². The van der Waals surface area contributed by atoms with Crippen molar-refractivity contribution < 1.29 is 15.0 Å². The molecule has 2 rings (SSSR count). The number of fused-ring (bicyclic) bond motifs is 1. The van der Waals surface area contributed by atoms with Crippen molar-refractivity contribution in [3.05, 3.63) is 35.4 Å². The highest BCUT2D eigenvalue weighted by molar-refractivity contribution is 5.76. The van der Waals surface area contributed by atoms with Crippen LogP contribution < -0.4 is 0 Å². The highest BCUT2D eigenvalue weighted by atomic mass is 16.4. The smallest absolute Gasteiger partial charge is 0.336 e. The molecule has 4 heteroatoms. The van der Waals surface area contributed by atoms with E-state index in [1.165, 1.54) is 18.1 Å². The number of rotatable bonds is 3. The van der Waals surface area contributed by atoms with Crippen molar-refractivity contribution in [1.29, 1.82) is 0 Å². The maximum atomic E-state index is 10.9. The third kappa shape index (κ3) is 2.65. The molecule has 0 fully saturated rings. The fourth-order valence-corrected chi connectivity index (χ4v) is 2.19. The third-order valence-corrected chi connectivity index (χ3v) is 3.20. The van der Waals surface area contributed by atoms with E-state index in [-0.39, 0.29) is 6.54 Å². The number of benzene rings is 1. The molecule has 17 heavy (non-hydrogen) atoms. The predicted octanol–water partition coefficient (Wildman–Crippen LogP) is 0.880. The third-order valence-electron chi connectivity index (χ3n) is 3.20. The van der Waals surface area contributed by atoms with Crippen LogP contribution in [0.5, 0.6) is 0 Å². The lowest BCUT2D eigenvalue weighted by Gasteiger charge is -2.32. The number of carboxylic acid groups (broad SMARTS) is 1. The van der Waals surface area contributed by atoms with Crippen LogP contribution in [0.1, 0.15) is 18.1 Å². The van der Waals surface area contributed by atoms with Crippen molar-refractivity contribution in [2.75, 3.05) is 13.1 Å². The highest BCUT2D eigenvalue weighted by Gasteiger charge is 2.33. The van der Waals surface area contributed by atoms with Gasteiger partial charge in [0.15, 0.2) is 5.60 Å². The Morgan fingerprint density at radius 1 is 1.41 bits per heavy atom. The molecular weight excluding hydrogens is 218 g/mol. The molecule has 1 unspecified atom stereocenters. The maximum Gasteiger partial charge on any atom is 0.336 e. The molecule has 0 bridgehead atoms. The lowest BCUT2D eigenvalue weighted by atomic mass is 9.98. The first-order valence-corrected chi connectivity index (χ1v) is 5.74. The summed E-state index contributed by atoms with van der Waals surface area (Å²) in [6.07, 6.45) is 0.909. The van der Waals surface area contributed by atoms with E-state index in [4.69, 9.17) is 5.11 Å². The number of carboxylic acids is 1. The SMILES string of the molecule is CC(O)(CN1CCc2ccccc2C1)C(=O)O. The van der Waals surface area contributed by atoms with Crippen LogP contribution in [0.3, 0.4) is 0 Å². The van der Waals surface area contributed by atoms with E-state index in [2.05, 4.69) is 12.1 Å². The molecule has 1 atom stereocenters. The quantitative estimate of drug-likeness (QED) is 0.816. The van der Waals surface area contributed by atoms with Crippen molar-refractivity contribution in [3.8, 4) is 0 Å². The molecule has 0 aliphatic carbocycles. The van der Waals surface area contributed by atoms with Gasteiger partial charge in [-0.1, -0.05) is 24.3 Å². The molecule has 0 saturated carbocycles. The summed E-state index contributed by atoms with van der Waals surface area (Å²) in [7, 11) is 0. The number of hydrogen-bond donors (Lipinski definition) is 2. The second kappa shape index (κ2) is 4.47. The zero-order chi connectivity index (χ0) is 12.5. The highest BCUT2D eigenvalue weighted by Crippen LogP contribution is 2.20. The van der Waals surface area contributed by atoms with Crippen LogP contribution >= 0.6 is 0 Å². The molecule has 1 aromatic rings. The van der Waals surface area contributed by atoms with E-state index in [0.717, 1.165) is 13.0 Å². The first-order chi connectivity index (χ1) is 7.99. The van der Waals surface area contributed by atoms with Crippen molar-refractivity contribution in [2.24, 2.45) is 0 Å². The Balaban J connectivity index is 2.06. The summed E-state index contributed by atoms with van der Waals surface area (Å²) >= 11 is 0. The van der Waals surface area contributed by atoms with Gasteiger partial charge in [-0.15, -0.1) is 0 Å². The van der Waals surface area contributed by atoms with Crippen LogP contribution in [-0.4, -0.2) is 39.8 Å². The predicted molar refractivity (Wildman–Crippen MR) is 63.7 cm³/mol. The van der Waals surface area contributed by atoms with Gasteiger partial charge >= 0.3 is 5.97 Å². The van der Waals surface area contributed by atoms with Crippen LogP contribution in [0, 0.1) is 0 Å². The van der Waals surface area contributed by atoms with Crippen LogP contribution in [0.15, 0.2) is 24.3 Å². The lowest BCUT2D eigenvalue weighted by Crippen LogP contribution is -2.48. The standard InChI is InChI=1S/C13H17NO3/c1-13(17,12(15)16)9-14-7-6-10-4-2-3-5-11(10)8-14/h2-5,17H,6-9H2,1H3,(H,15,16). The fraction of sp³-hybridized carbons (Fsp3) is 0.462. The Morgan fingerprint density at radius 3 is 2.71 bits per heavy atom. The average Bonchev–Trinajstić information content (AvgIpc) is 2.28. The van der Waals surface area contributed by atoms with E-state index >= 15 is 0 Å². The molecule has 4 nitrogen and oxygen atoms in total. The summed E-state index contributed by atoms with van der Waals surface area (Å²) < 4.78 is 0. The minimum absolute atomic E-state index is 0.163. The van der Waals surface area contributed by atoms with E-state index in [1.807, 2.05) is 17.0 Å². The maximum absolute atomic E-state index is 10.9. The van der Waals surface area contributed by atoms with Gasteiger partial charge in [-0.2, -0.15) is 0 Å². The van der Waals surface area contributed by atoms with Gasteiger partial charge in [-0.3, -0.25) is 4.90 Å². The molecular formula is C13H17NO3. The first kappa shape index (κ1) is 12.1. The molecule has 92 valence electrons. The summed E-state index contributed by atoms with van der Waals surface area (Å²) in [4.78, 5) is 12.8. The van der Waals surface area contributed by atoms with Gasteiger partial charge in [0, 0.05) is 19.6 Å². The van der Waals surface area contributed by atoms with Crippen LogP contribution in [0.4, 0.5) is 0 Å². The summed E-state index contributed by atoms with van der Waals surface area (Å²) in [6.45, 7) is 3.01. The zero-order valence-corrected chi connectivity index (χ0v) is 9.89. The van der Waals surface area contributed by atoms with Gasteiger partial charge in [0.1, 0.15) is 0 Å². The molecule has 0 spiro atoms. The van der Waals surface area contributed by atoms with Gasteiger partial charge < -0.3 is 10.2 Å². The number of nitrogens with zero attached hydrogens (tertiary/aromatic N) is 1. The molecule has 1 aromatic carbocycles. The van der Waals surface area contributed by atoms with E-state index < -0.39 is 11.6 Å². The number of aliphatic hydroxyl groups is 1. The molecule has 1 aliphatic heterocycles. The molecule has 0 amide bonds. The van der Waals surface area contributed by atoms with Gasteiger partial charge in [-0.25, -0.2) is 4.79 Å². The summed E-state index contributed by atoms with van der Waals surface area (Å²) in [5.41, 5.74) is 0.866. The molecule has 0 aromatic heterocycles. The Hall–Kier alpha value is -1.39. The van der Waals surface area contributed by atoms with Gasteiger partial charge in [0.25, 0.3) is 0 Å². The monoisotopic (exact) mass is 235 g/mol. The van der Waals surface area contributed by atoms with Crippen LogP contribution in [0.25, 0.3) is 0 Å². The minimum atomic E-state index is -1.67. The first-order valence-electron chi connectivity index (χ1n) is 5.74. The molecule has 1 aliphatic rings. The van der Waals surface area contributed by atoms with E-state index in [1.54, 1.807) is 0 Å². The Bertz CT molecular complexity index is 428. The summed E-state index contributed by atoms with van der Waals surface area (Å²) in [5, 5.41) is 18.6. The normalized spacial score (nSPS) is 19.4. The Morgan fingerprint density at radius 2 is 2.06 bits per heavy atom. The van der Waals surface area contributed by atoms with Crippen molar-refractivity contribution in [3.63, 3.8) is 0 Å². The number of carbonyl (C=O) groups is 1. The number of hydrogen-bond acceptors (Lipinski definition) is 3. The van der Waals surface area contributed by atoms with Gasteiger partial charge in [0.05, 0.1) is 0 Å². The topological polar surface area (TPSA) is 60.8 Å². The molecule has 2 N–H and O–H groups in total. The van der Waals surface area contributed by atoms with Crippen molar-refractivity contribution in [2.45, 2.75) is 25.5 Å². The van der Waals surface area contributed by atoms with Crippen LogP contribution in [0.2, 0.25) is 0 Å². The second-order valence-electron chi connectivity index (χ2n) is 4.81. The summed E-state index contributed by atoms with van der Waals surface area (Å²) in [6, 6.07) is 8.15. The average molecular weight is 235 g/mol. The lowest BCUT2D eigenvalue weighted by molar-refractivity contribution is -0.158. The minimum Gasteiger partial charge on any atom is -0.479 e. The van der Waals surface area contributed by atoms with E-state index in [0.29, 0.717) is 6.54 Å². The van der Waals surface area contributed by atoms with Crippen molar-refractivity contribution in [1.82, 2.24) is 4.90 Å². The second-order valence-corrected chi connectivity index (χ2v) is 4.81. The fourth-order valence-electron chi connectivity index (χ4n) is 2.19. The molecule has 0 radical (unpaired) electrons. The van der Waals surface area contributed by atoms with E-state index in [9.17, 15) is 9.90 Å². The van der Waals surface area contributed by atoms with Gasteiger partial charge in [-0.05, 0) is 24.5 Å². The Labute approximate surface area is 100 Å². The molecule has 0 saturated heterocycles. The molecule has 1 heterocycles. The number of β-amino-alcohol motifs (C(OH)–C–C–N with tert-alkyl or cyclic N) is 1. The zero-order valence-electron chi connectivity index (χ0n) is 9.89. The Kier molecular flexibility index (Phi) is 3.17. The van der Waals surface area contributed by atoms with Crippen LogP contribution in [-0.2, 0) is 17.8 Å². The van der Waals surface area contributed by atoms with Crippen molar-refractivity contribution >= 4 is 5.97 Å². The largest absolute Gasteiger partial charge is 0.479 e. The number of aliphatic carboxylic acids is 1. The summed E-state index contributed by atoms with van der Waals surface area (Å²) in [5.74, 6) is -1.17.